The van der Waals surface area contributed by atoms with E-state index in [0.717, 1.165) is 65.9 Å². The lowest BCUT2D eigenvalue weighted by molar-refractivity contribution is 0.669. The van der Waals surface area contributed by atoms with E-state index in [1.165, 1.54) is 16.5 Å². The Kier molecular flexibility index (Phi) is 6.78. The maximum atomic E-state index is 6.68. The maximum absolute atomic E-state index is 6.68. The Bertz CT molecular complexity index is 2900. The van der Waals surface area contributed by atoms with Crippen molar-refractivity contribution in [1.82, 2.24) is 15.0 Å². The van der Waals surface area contributed by atoms with Gasteiger partial charge in [-0.2, -0.15) is 0 Å². The summed E-state index contributed by atoms with van der Waals surface area (Å²) in [7, 11) is 0. The van der Waals surface area contributed by atoms with E-state index in [1.807, 2.05) is 36.4 Å². The zero-order chi connectivity index (χ0) is 33.7. The number of fused-ring (bicyclic) bond motifs is 5. The first-order chi connectivity index (χ1) is 25.2. The maximum Gasteiger partial charge on any atom is 0.164 e. The molecule has 0 saturated carbocycles. The van der Waals surface area contributed by atoms with Crippen molar-refractivity contribution in [2.45, 2.75) is 0 Å². The van der Waals surface area contributed by atoms with Gasteiger partial charge in [-0.05, 0) is 74.1 Å². The lowest BCUT2D eigenvalue weighted by atomic mass is 9.96. The molecule has 0 amide bonds. The van der Waals surface area contributed by atoms with Gasteiger partial charge in [-0.3, -0.25) is 0 Å². The molecular weight excluding hydrogens is 623 g/mol. The van der Waals surface area contributed by atoms with E-state index in [4.69, 9.17) is 19.4 Å². The normalized spacial score (nSPS) is 11.5. The minimum atomic E-state index is 0.593. The van der Waals surface area contributed by atoms with E-state index in [-0.39, 0.29) is 0 Å². The predicted octanol–water partition coefficient (Wildman–Crippen LogP) is 12.4. The Balaban J connectivity index is 1.24. The minimum Gasteiger partial charge on any atom is -0.456 e. The third-order valence-electron chi connectivity index (χ3n) is 9.68. The molecule has 238 valence electrons. The van der Waals surface area contributed by atoms with Gasteiger partial charge in [0.2, 0.25) is 0 Å². The molecule has 10 rings (SSSR count). The summed E-state index contributed by atoms with van der Waals surface area (Å²) < 4.78 is 6.68. The quantitative estimate of drug-likeness (QED) is 0.186. The van der Waals surface area contributed by atoms with Crippen molar-refractivity contribution in [3.63, 3.8) is 0 Å². The Labute approximate surface area is 294 Å². The summed E-state index contributed by atoms with van der Waals surface area (Å²) in [5.74, 6) is 1.83. The van der Waals surface area contributed by atoms with Crippen molar-refractivity contribution in [3.05, 3.63) is 176 Å². The summed E-state index contributed by atoms with van der Waals surface area (Å²) in [6, 6.07) is 61.1. The van der Waals surface area contributed by atoms with Gasteiger partial charge in [0.25, 0.3) is 0 Å². The van der Waals surface area contributed by atoms with Gasteiger partial charge < -0.3 is 4.42 Å². The fraction of sp³-hybridized carbons (Fsp3) is 0. The van der Waals surface area contributed by atoms with Crippen LogP contribution < -0.4 is 0 Å². The van der Waals surface area contributed by atoms with Crippen molar-refractivity contribution >= 4 is 43.5 Å². The standard InChI is InChI=1S/C47H29N3O/c1-3-11-30(12-4-1)32-19-21-33(22-20-32)39-27-41(44-40-26-36-17-9-10-18-37(36)28-42(40)51-43(44)29-39)47-49-45(34-14-5-2-6-15-34)48-46(50-47)38-24-23-31-13-7-8-16-35(31)25-38/h1-29H. The Morgan fingerprint density at radius 1 is 0.314 bits per heavy atom. The summed E-state index contributed by atoms with van der Waals surface area (Å²) >= 11 is 0. The van der Waals surface area contributed by atoms with Crippen molar-refractivity contribution in [3.8, 4) is 56.4 Å². The number of benzene rings is 8. The lowest BCUT2D eigenvalue weighted by Gasteiger charge is -2.12. The summed E-state index contributed by atoms with van der Waals surface area (Å²) in [6.07, 6.45) is 0. The SMILES string of the molecule is c1ccc(-c2ccc(-c3cc(-c4nc(-c5ccccc5)nc(-c5ccc6ccccc6c5)n4)c4c(c3)oc3cc5ccccc5cc34)cc2)cc1. The molecule has 0 atom stereocenters. The van der Waals surface area contributed by atoms with Crippen molar-refractivity contribution in [2.24, 2.45) is 0 Å². The fourth-order valence-corrected chi connectivity index (χ4v) is 7.09. The molecule has 2 aromatic heterocycles. The predicted molar refractivity (Wildman–Crippen MR) is 209 cm³/mol. The van der Waals surface area contributed by atoms with Gasteiger partial charge in [0.05, 0.1) is 0 Å². The molecule has 10 aromatic rings. The Hall–Kier alpha value is -6.91. The third-order valence-corrected chi connectivity index (χ3v) is 9.68. The fourth-order valence-electron chi connectivity index (χ4n) is 7.09. The lowest BCUT2D eigenvalue weighted by Crippen LogP contribution is -2.00. The van der Waals surface area contributed by atoms with Crippen molar-refractivity contribution in [1.29, 1.82) is 0 Å². The van der Waals surface area contributed by atoms with Crippen LogP contribution in [0.4, 0.5) is 0 Å². The first kappa shape index (κ1) is 29.0. The molecule has 4 nitrogen and oxygen atoms in total. The van der Waals surface area contributed by atoms with E-state index in [9.17, 15) is 0 Å². The van der Waals surface area contributed by atoms with Crippen LogP contribution in [0.1, 0.15) is 0 Å². The van der Waals surface area contributed by atoms with E-state index in [2.05, 4.69) is 140 Å². The summed E-state index contributed by atoms with van der Waals surface area (Å²) in [4.78, 5) is 15.5. The van der Waals surface area contributed by atoms with Crippen LogP contribution >= 0.6 is 0 Å². The monoisotopic (exact) mass is 651 g/mol. The summed E-state index contributed by atoms with van der Waals surface area (Å²) in [5, 5.41) is 6.59. The highest BCUT2D eigenvalue weighted by Gasteiger charge is 2.20. The number of rotatable bonds is 5. The van der Waals surface area contributed by atoms with Crippen LogP contribution in [0.15, 0.2) is 180 Å². The molecule has 0 fully saturated rings. The second kappa shape index (κ2) is 11.9. The van der Waals surface area contributed by atoms with Crippen LogP contribution in [0.25, 0.3) is 99.9 Å². The molecule has 0 aliphatic heterocycles. The van der Waals surface area contributed by atoms with E-state index < -0.39 is 0 Å². The average Bonchev–Trinajstić information content (AvgIpc) is 3.57. The minimum absolute atomic E-state index is 0.593. The molecule has 0 spiro atoms. The third kappa shape index (κ3) is 5.22. The molecule has 8 aromatic carbocycles. The molecule has 0 aliphatic rings. The highest BCUT2D eigenvalue weighted by molar-refractivity contribution is 6.16. The molecule has 0 aliphatic carbocycles. The van der Waals surface area contributed by atoms with Gasteiger partial charge in [-0.1, -0.05) is 146 Å². The van der Waals surface area contributed by atoms with Gasteiger partial charge >= 0.3 is 0 Å². The Morgan fingerprint density at radius 2 is 0.824 bits per heavy atom. The van der Waals surface area contributed by atoms with Gasteiger partial charge in [0.15, 0.2) is 17.5 Å². The molecule has 51 heavy (non-hydrogen) atoms. The molecule has 4 heteroatoms. The van der Waals surface area contributed by atoms with Gasteiger partial charge in [-0.25, -0.2) is 15.0 Å². The zero-order valence-electron chi connectivity index (χ0n) is 27.5. The molecule has 0 saturated heterocycles. The van der Waals surface area contributed by atoms with E-state index >= 15 is 0 Å². The second-order valence-electron chi connectivity index (χ2n) is 12.9. The summed E-state index contributed by atoms with van der Waals surface area (Å²) in [5.41, 5.74) is 8.82. The van der Waals surface area contributed by atoms with E-state index in [1.54, 1.807) is 0 Å². The second-order valence-corrected chi connectivity index (χ2v) is 12.9. The van der Waals surface area contributed by atoms with Gasteiger partial charge in [-0.15, -0.1) is 0 Å². The van der Waals surface area contributed by atoms with E-state index in [0.29, 0.717) is 17.5 Å². The van der Waals surface area contributed by atoms with Gasteiger partial charge in [0, 0.05) is 27.5 Å². The van der Waals surface area contributed by atoms with Gasteiger partial charge in [0.1, 0.15) is 11.2 Å². The summed E-state index contributed by atoms with van der Waals surface area (Å²) in [6.45, 7) is 0. The molecule has 2 heterocycles. The number of nitrogens with zero attached hydrogens (tertiary/aromatic N) is 3. The number of hydrogen-bond acceptors (Lipinski definition) is 4. The molecule has 0 bridgehead atoms. The molecule has 0 N–H and O–H groups in total. The largest absolute Gasteiger partial charge is 0.456 e. The highest BCUT2D eigenvalue weighted by atomic mass is 16.3. The van der Waals surface area contributed by atoms with Crippen LogP contribution in [-0.4, -0.2) is 15.0 Å². The van der Waals surface area contributed by atoms with Crippen LogP contribution in [0.2, 0.25) is 0 Å². The van der Waals surface area contributed by atoms with Crippen LogP contribution in [0, 0.1) is 0 Å². The van der Waals surface area contributed by atoms with Crippen LogP contribution in [-0.2, 0) is 0 Å². The number of hydrogen-bond donors (Lipinski definition) is 0. The zero-order valence-corrected chi connectivity index (χ0v) is 27.5. The number of furan rings is 1. The first-order valence-electron chi connectivity index (χ1n) is 17.1. The smallest absolute Gasteiger partial charge is 0.164 e. The van der Waals surface area contributed by atoms with Crippen molar-refractivity contribution in [2.75, 3.05) is 0 Å². The van der Waals surface area contributed by atoms with Crippen LogP contribution in [0.5, 0.6) is 0 Å². The molecular formula is C47H29N3O. The van der Waals surface area contributed by atoms with Crippen LogP contribution in [0.3, 0.4) is 0 Å². The topological polar surface area (TPSA) is 51.8 Å². The average molecular weight is 652 g/mol. The molecule has 0 unspecified atom stereocenters. The highest BCUT2D eigenvalue weighted by Crippen LogP contribution is 2.41. The van der Waals surface area contributed by atoms with Crippen molar-refractivity contribution < 1.29 is 4.42 Å². The Morgan fingerprint density at radius 3 is 1.53 bits per heavy atom. The first-order valence-corrected chi connectivity index (χ1v) is 17.1. The molecule has 0 radical (unpaired) electrons. The number of aromatic nitrogens is 3.